The highest BCUT2D eigenvalue weighted by molar-refractivity contribution is 7.89. The Morgan fingerprint density at radius 2 is 1.86 bits per heavy atom. The smallest absolute Gasteiger partial charge is 0.340 e. The molecule has 0 spiro atoms. The molecule has 0 aliphatic rings. The second-order valence-electron chi connectivity index (χ2n) is 5.90. The average molecular weight is 445 g/mol. The molecule has 0 radical (unpaired) electrons. The topological polar surface area (TPSA) is 102 Å². The van der Waals surface area contributed by atoms with E-state index in [1.165, 1.54) is 39.4 Å². The van der Waals surface area contributed by atoms with Crippen LogP contribution in [-0.2, 0) is 19.6 Å². The Bertz CT molecular complexity index is 1040. The van der Waals surface area contributed by atoms with E-state index in [4.69, 9.17) is 21.1 Å². The summed E-state index contributed by atoms with van der Waals surface area (Å²) in [6.07, 6.45) is 0. The highest BCUT2D eigenvalue weighted by Gasteiger charge is 2.20. The molecule has 1 N–H and O–H groups in total. The summed E-state index contributed by atoms with van der Waals surface area (Å²) in [5.41, 5.74) is -0.0196. The number of nitrogens with zero attached hydrogens (tertiary/aromatic N) is 1. The van der Waals surface area contributed by atoms with Crippen molar-refractivity contribution in [2.45, 2.75) is 4.90 Å². The second-order valence-corrected chi connectivity index (χ2v) is 8.46. The molecule has 29 heavy (non-hydrogen) atoms. The van der Waals surface area contributed by atoms with Gasteiger partial charge in [-0.15, -0.1) is 0 Å². The Morgan fingerprint density at radius 1 is 1.17 bits per heavy atom. The van der Waals surface area contributed by atoms with Gasteiger partial charge in [-0.2, -0.15) is 0 Å². The molecule has 0 aromatic heterocycles. The van der Waals surface area contributed by atoms with Gasteiger partial charge in [-0.05, 0) is 36.4 Å². The molecule has 0 saturated heterocycles. The lowest BCUT2D eigenvalue weighted by atomic mass is 10.2. The highest BCUT2D eigenvalue weighted by atomic mass is 35.5. The number of amides is 1. The van der Waals surface area contributed by atoms with Gasteiger partial charge < -0.3 is 14.8 Å². The standard InChI is InChI=1S/C18H18ClFN2O6S/c1-22(2)29(25,26)12-5-7-16(27-3)15(9-12)21-17(23)10-28-18(24)13-6-4-11(20)8-14(13)19/h4-9H,10H2,1-3H3,(H,21,23). The van der Waals surface area contributed by atoms with Crippen molar-refractivity contribution in [1.82, 2.24) is 4.31 Å². The number of nitrogens with one attached hydrogen (secondary N) is 1. The van der Waals surface area contributed by atoms with Gasteiger partial charge in [-0.3, -0.25) is 4.79 Å². The summed E-state index contributed by atoms with van der Waals surface area (Å²) in [5, 5.41) is 2.27. The van der Waals surface area contributed by atoms with Crippen LogP contribution in [0.25, 0.3) is 0 Å². The maximum atomic E-state index is 13.0. The molecule has 0 atom stereocenters. The lowest BCUT2D eigenvalue weighted by Crippen LogP contribution is -2.23. The Morgan fingerprint density at radius 3 is 2.45 bits per heavy atom. The van der Waals surface area contributed by atoms with E-state index in [1.54, 1.807) is 0 Å². The van der Waals surface area contributed by atoms with Crippen LogP contribution in [0.2, 0.25) is 5.02 Å². The maximum Gasteiger partial charge on any atom is 0.340 e. The molecule has 0 aliphatic heterocycles. The summed E-state index contributed by atoms with van der Waals surface area (Å²) < 4.78 is 48.6. The van der Waals surface area contributed by atoms with Crippen LogP contribution >= 0.6 is 11.6 Å². The predicted octanol–water partition coefficient (Wildman–Crippen LogP) is 2.53. The van der Waals surface area contributed by atoms with E-state index in [1.807, 2.05) is 0 Å². The number of rotatable bonds is 7. The Hall–Kier alpha value is -2.69. The summed E-state index contributed by atoms with van der Waals surface area (Å²) in [6, 6.07) is 7.06. The molecular weight excluding hydrogens is 427 g/mol. The SMILES string of the molecule is COc1ccc(S(=O)(=O)N(C)C)cc1NC(=O)COC(=O)c1ccc(F)cc1Cl. The first-order valence-electron chi connectivity index (χ1n) is 8.09. The van der Waals surface area contributed by atoms with Crippen molar-refractivity contribution in [3.63, 3.8) is 0 Å². The summed E-state index contributed by atoms with van der Waals surface area (Å²) in [6.45, 7) is -0.680. The van der Waals surface area contributed by atoms with Crippen LogP contribution in [0.4, 0.5) is 10.1 Å². The Kier molecular flexibility index (Phi) is 7.17. The molecule has 0 fully saturated rings. The number of hydrogen-bond acceptors (Lipinski definition) is 6. The largest absolute Gasteiger partial charge is 0.495 e. The minimum atomic E-state index is -3.73. The van der Waals surface area contributed by atoms with E-state index in [9.17, 15) is 22.4 Å². The van der Waals surface area contributed by atoms with Gasteiger partial charge in [0.1, 0.15) is 11.6 Å². The van der Waals surface area contributed by atoms with Crippen molar-refractivity contribution in [3.05, 3.63) is 52.8 Å². The molecule has 11 heteroatoms. The van der Waals surface area contributed by atoms with Gasteiger partial charge in [-0.1, -0.05) is 11.6 Å². The van der Waals surface area contributed by atoms with Gasteiger partial charge in [0.15, 0.2) is 6.61 Å². The zero-order valence-corrected chi connectivity index (χ0v) is 17.3. The third kappa shape index (κ3) is 5.43. The number of halogens is 2. The summed E-state index contributed by atoms with van der Waals surface area (Å²) in [7, 11) is 0.360. The number of esters is 1. The lowest BCUT2D eigenvalue weighted by Gasteiger charge is -2.15. The van der Waals surface area contributed by atoms with Crippen molar-refractivity contribution in [1.29, 1.82) is 0 Å². The fourth-order valence-corrected chi connectivity index (χ4v) is 3.38. The van der Waals surface area contributed by atoms with Crippen LogP contribution in [0.15, 0.2) is 41.3 Å². The molecule has 8 nitrogen and oxygen atoms in total. The number of hydrogen-bond donors (Lipinski definition) is 1. The minimum absolute atomic E-state index is 0.0614. The molecular formula is C18H18ClFN2O6S. The molecule has 0 heterocycles. The van der Waals surface area contributed by atoms with Gasteiger partial charge in [-0.25, -0.2) is 21.9 Å². The van der Waals surface area contributed by atoms with Crippen LogP contribution in [-0.4, -0.2) is 52.4 Å². The number of carbonyl (C=O) groups excluding carboxylic acids is 2. The van der Waals surface area contributed by atoms with Crippen LogP contribution in [0.1, 0.15) is 10.4 Å². The highest BCUT2D eigenvalue weighted by Crippen LogP contribution is 2.28. The number of ether oxygens (including phenoxy) is 2. The first-order chi connectivity index (χ1) is 13.6. The van der Waals surface area contributed by atoms with Crippen molar-refractivity contribution in [2.24, 2.45) is 0 Å². The van der Waals surface area contributed by atoms with E-state index in [0.717, 1.165) is 22.5 Å². The first-order valence-corrected chi connectivity index (χ1v) is 9.90. The fourth-order valence-electron chi connectivity index (χ4n) is 2.21. The molecule has 156 valence electrons. The number of methoxy groups -OCH3 is 1. The maximum absolute atomic E-state index is 13.0. The first kappa shape index (κ1) is 22.6. The minimum Gasteiger partial charge on any atom is -0.495 e. The summed E-state index contributed by atoms with van der Waals surface area (Å²) in [5.74, 6) is -2.07. The molecule has 0 unspecified atom stereocenters. The van der Waals surface area contributed by atoms with E-state index < -0.39 is 34.3 Å². The summed E-state index contributed by atoms with van der Waals surface area (Å²) in [4.78, 5) is 24.1. The third-order valence-corrected chi connectivity index (χ3v) is 5.83. The molecule has 0 aliphatic carbocycles. The van der Waals surface area contributed by atoms with E-state index >= 15 is 0 Å². The van der Waals surface area contributed by atoms with E-state index in [0.29, 0.717) is 0 Å². The van der Waals surface area contributed by atoms with Gasteiger partial charge in [0.2, 0.25) is 10.0 Å². The fraction of sp³-hybridized carbons (Fsp3) is 0.222. The third-order valence-electron chi connectivity index (χ3n) is 3.71. The van der Waals surface area contributed by atoms with Gasteiger partial charge in [0, 0.05) is 14.1 Å². The van der Waals surface area contributed by atoms with E-state index in [2.05, 4.69) is 5.32 Å². The Labute approximate surface area is 172 Å². The lowest BCUT2D eigenvalue weighted by molar-refractivity contribution is -0.119. The second kappa shape index (κ2) is 9.21. The molecule has 0 bridgehead atoms. The van der Waals surface area contributed by atoms with Crippen molar-refractivity contribution < 1.29 is 31.9 Å². The van der Waals surface area contributed by atoms with Crippen molar-refractivity contribution >= 4 is 39.2 Å². The van der Waals surface area contributed by atoms with Crippen molar-refractivity contribution in [2.75, 3.05) is 33.1 Å². The van der Waals surface area contributed by atoms with Gasteiger partial charge in [0.25, 0.3) is 5.91 Å². The van der Waals surface area contributed by atoms with Crippen molar-refractivity contribution in [3.8, 4) is 5.75 Å². The van der Waals surface area contributed by atoms with E-state index in [-0.39, 0.29) is 26.9 Å². The zero-order valence-electron chi connectivity index (χ0n) is 15.7. The number of anilines is 1. The van der Waals surface area contributed by atoms with Crippen LogP contribution in [0.5, 0.6) is 5.75 Å². The molecule has 1 amide bonds. The Balaban J connectivity index is 2.12. The molecule has 2 aromatic rings. The molecule has 2 rings (SSSR count). The zero-order chi connectivity index (χ0) is 21.8. The number of sulfonamides is 1. The normalized spacial score (nSPS) is 11.2. The quantitative estimate of drug-likeness (QED) is 0.658. The number of carbonyl (C=O) groups is 2. The number of benzene rings is 2. The molecule has 2 aromatic carbocycles. The summed E-state index contributed by atoms with van der Waals surface area (Å²) >= 11 is 5.78. The van der Waals surface area contributed by atoms with Crippen LogP contribution in [0.3, 0.4) is 0 Å². The monoisotopic (exact) mass is 444 g/mol. The van der Waals surface area contributed by atoms with Gasteiger partial charge in [0.05, 0.1) is 28.3 Å². The van der Waals surface area contributed by atoms with Crippen LogP contribution < -0.4 is 10.1 Å². The van der Waals surface area contributed by atoms with Gasteiger partial charge >= 0.3 is 5.97 Å². The van der Waals surface area contributed by atoms with Crippen LogP contribution in [0, 0.1) is 5.82 Å². The average Bonchev–Trinajstić information content (AvgIpc) is 2.65. The predicted molar refractivity (Wildman–Crippen MR) is 104 cm³/mol. The molecule has 0 saturated carbocycles.